The number of H-pyrrole nitrogens is 1. The van der Waals surface area contributed by atoms with Gasteiger partial charge in [-0.25, -0.2) is 4.98 Å². The van der Waals surface area contributed by atoms with Crippen molar-refractivity contribution in [3.63, 3.8) is 0 Å². The lowest BCUT2D eigenvalue weighted by Gasteiger charge is -2.11. The number of carbonyl (C=O) groups excluding carboxylic acids is 1. The summed E-state index contributed by atoms with van der Waals surface area (Å²) in [4.78, 5) is 31.5. The summed E-state index contributed by atoms with van der Waals surface area (Å²) in [5.41, 5.74) is 8.72. The molecule has 3 aromatic rings. The highest BCUT2D eigenvalue weighted by Gasteiger charge is 2.15. The van der Waals surface area contributed by atoms with Crippen LogP contribution < -0.4 is 11.3 Å². The van der Waals surface area contributed by atoms with Gasteiger partial charge < -0.3 is 10.7 Å². The van der Waals surface area contributed by atoms with E-state index in [9.17, 15) is 9.59 Å². The molecule has 2 aromatic heterocycles. The van der Waals surface area contributed by atoms with Crippen molar-refractivity contribution in [2.24, 2.45) is 5.73 Å². The minimum Gasteiger partial charge on any atom is -0.369 e. The van der Waals surface area contributed by atoms with E-state index in [-0.39, 0.29) is 11.3 Å². The first-order chi connectivity index (χ1) is 11.0. The molecule has 0 spiro atoms. The second-order valence-electron chi connectivity index (χ2n) is 5.34. The number of aromatic amines is 1. The molecule has 0 atom stereocenters. The van der Waals surface area contributed by atoms with E-state index in [1.165, 1.54) is 4.57 Å². The molecule has 0 aliphatic heterocycles. The molecule has 2 heterocycles. The summed E-state index contributed by atoms with van der Waals surface area (Å²) < 4.78 is 1.51. The molecular weight excluding hydrogens is 312 g/mol. The van der Waals surface area contributed by atoms with Gasteiger partial charge in [-0.3, -0.25) is 14.2 Å². The maximum absolute atomic E-state index is 12.9. The standard InChI is InChI=1S/C16H16N4O2S/c1-9-3-5-11(6-4-9)20-15(22)14-12(7-10(2)18-14)19-16(20)23-8-13(17)21/h3-7,18H,8H2,1-2H3,(H2,17,21). The maximum Gasteiger partial charge on any atom is 0.283 e. The average Bonchev–Trinajstić information content (AvgIpc) is 2.87. The van der Waals surface area contributed by atoms with Crippen LogP contribution >= 0.6 is 11.8 Å². The zero-order valence-electron chi connectivity index (χ0n) is 12.8. The van der Waals surface area contributed by atoms with Crippen LogP contribution in [0.3, 0.4) is 0 Å². The third-order valence-electron chi connectivity index (χ3n) is 3.39. The number of aryl methyl sites for hydroxylation is 2. The summed E-state index contributed by atoms with van der Waals surface area (Å²) in [6.07, 6.45) is 0. The Kier molecular flexibility index (Phi) is 3.96. The number of aromatic nitrogens is 3. The van der Waals surface area contributed by atoms with E-state index < -0.39 is 5.91 Å². The van der Waals surface area contributed by atoms with Crippen molar-refractivity contribution in [2.45, 2.75) is 19.0 Å². The molecule has 0 bridgehead atoms. The Morgan fingerprint density at radius 2 is 2.00 bits per heavy atom. The summed E-state index contributed by atoms with van der Waals surface area (Å²) in [5.74, 6) is -0.391. The van der Waals surface area contributed by atoms with Crippen LogP contribution in [0.4, 0.5) is 0 Å². The quantitative estimate of drug-likeness (QED) is 0.565. The van der Waals surface area contributed by atoms with Crippen LogP contribution in [0.1, 0.15) is 11.3 Å². The van der Waals surface area contributed by atoms with E-state index in [0.29, 0.717) is 21.9 Å². The first kappa shape index (κ1) is 15.4. The lowest BCUT2D eigenvalue weighted by atomic mass is 10.2. The van der Waals surface area contributed by atoms with Crippen molar-refractivity contribution in [2.75, 3.05) is 5.75 Å². The normalized spacial score (nSPS) is 11.0. The highest BCUT2D eigenvalue weighted by Crippen LogP contribution is 2.21. The molecule has 23 heavy (non-hydrogen) atoms. The van der Waals surface area contributed by atoms with Crippen LogP contribution in [0, 0.1) is 13.8 Å². The summed E-state index contributed by atoms with van der Waals surface area (Å²) in [7, 11) is 0. The fourth-order valence-corrected chi connectivity index (χ4v) is 3.08. The molecule has 0 aliphatic carbocycles. The van der Waals surface area contributed by atoms with Gasteiger partial charge in [-0.15, -0.1) is 0 Å². The van der Waals surface area contributed by atoms with Crippen molar-refractivity contribution in [3.8, 4) is 5.69 Å². The number of benzene rings is 1. The fourth-order valence-electron chi connectivity index (χ4n) is 2.33. The molecule has 7 heteroatoms. The smallest absolute Gasteiger partial charge is 0.283 e. The first-order valence-electron chi connectivity index (χ1n) is 7.06. The van der Waals surface area contributed by atoms with Gasteiger partial charge in [0.05, 0.1) is 17.0 Å². The molecule has 3 rings (SSSR count). The van der Waals surface area contributed by atoms with Crippen molar-refractivity contribution < 1.29 is 4.79 Å². The van der Waals surface area contributed by atoms with E-state index in [2.05, 4.69) is 9.97 Å². The number of thioether (sulfide) groups is 1. The first-order valence-corrected chi connectivity index (χ1v) is 8.05. The number of hydrogen-bond acceptors (Lipinski definition) is 4. The topological polar surface area (TPSA) is 93.8 Å². The van der Waals surface area contributed by atoms with Crippen LogP contribution in [0.15, 0.2) is 40.3 Å². The lowest BCUT2D eigenvalue weighted by Crippen LogP contribution is -2.23. The summed E-state index contributed by atoms with van der Waals surface area (Å²) in [5, 5.41) is 0.448. The number of nitrogens with one attached hydrogen (secondary N) is 1. The van der Waals surface area contributed by atoms with Crippen molar-refractivity contribution >= 4 is 28.7 Å². The Labute approximate surface area is 136 Å². The molecule has 0 saturated carbocycles. The van der Waals surface area contributed by atoms with Gasteiger partial charge in [0, 0.05) is 5.69 Å². The van der Waals surface area contributed by atoms with Gasteiger partial charge in [0.15, 0.2) is 5.16 Å². The molecular formula is C16H16N4O2S. The van der Waals surface area contributed by atoms with Gasteiger partial charge in [0.25, 0.3) is 5.56 Å². The summed E-state index contributed by atoms with van der Waals surface area (Å²) in [6.45, 7) is 3.85. The number of fused-ring (bicyclic) bond motifs is 1. The number of amides is 1. The van der Waals surface area contributed by atoms with Gasteiger partial charge in [-0.05, 0) is 32.0 Å². The molecule has 0 radical (unpaired) electrons. The Balaban J connectivity index is 2.24. The third-order valence-corrected chi connectivity index (χ3v) is 4.35. The fraction of sp³-hybridized carbons (Fsp3) is 0.188. The molecule has 0 unspecified atom stereocenters. The molecule has 6 nitrogen and oxygen atoms in total. The molecule has 118 valence electrons. The van der Waals surface area contributed by atoms with Crippen molar-refractivity contribution in [3.05, 3.63) is 51.9 Å². The molecule has 3 N–H and O–H groups in total. The number of hydrogen-bond donors (Lipinski definition) is 2. The van der Waals surface area contributed by atoms with Crippen LogP contribution in [0.25, 0.3) is 16.7 Å². The lowest BCUT2D eigenvalue weighted by molar-refractivity contribution is -0.115. The molecule has 1 aromatic carbocycles. The van der Waals surface area contributed by atoms with Crippen LogP contribution in [-0.4, -0.2) is 26.2 Å². The Bertz CT molecular complexity index is 941. The number of nitrogens with zero attached hydrogens (tertiary/aromatic N) is 2. The number of primary amides is 1. The van der Waals surface area contributed by atoms with Gasteiger partial charge >= 0.3 is 0 Å². The summed E-state index contributed by atoms with van der Waals surface area (Å²) >= 11 is 1.16. The predicted molar refractivity (Wildman–Crippen MR) is 91.1 cm³/mol. The Hall–Kier alpha value is -2.54. The number of rotatable bonds is 4. The molecule has 0 saturated heterocycles. The largest absolute Gasteiger partial charge is 0.369 e. The van der Waals surface area contributed by atoms with Gasteiger partial charge in [0.2, 0.25) is 5.91 Å². The predicted octanol–water partition coefficient (Wildman–Crippen LogP) is 1.91. The second-order valence-corrected chi connectivity index (χ2v) is 6.28. The van der Waals surface area contributed by atoms with Crippen molar-refractivity contribution in [1.29, 1.82) is 0 Å². The van der Waals surface area contributed by atoms with E-state index in [4.69, 9.17) is 5.73 Å². The zero-order valence-corrected chi connectivity index (χ0v) is 13.6. The average molecular weight is 328 g/mol. The van der Waals surface area contributed by atoms with Crippen LogP contribution in [-0.2, 0) is 4.79 Å². The van der Waals surface area contributed by atoms with Gasteiger partial charge in [-0.1, -0.05) is 29.5 Å². The molecule has 0 fully saturated rings. The summed E-state index contributed by atoms with van der Waals surface area (Å²) in [6, 6.07) is 9.37. The SMILES string of the molecule is Cc1ccc(-n2c(SCC(N)=O)nc3cc(C)[nH]c3c2=O)cc1. The van der Waals surface area contributed by atoms with E-state index in [1.54, 1.807) is 0 Å². The maximum atomic E-state index is 12.9. The molecule has 0 aliphatic rings. The highest BCUT2D eigenvalue weighted by molar-refractivity contribution is 7.99. The van der Waals surface area contributed by atoms with Gasteiger partial charge in [-0.2, -0.15) is 0 Å². The zero-order chi connectivity index (χ0) is 16.6. The minimum absolute atomic E-state index is 0.0627. The Morgan fingerprint density at radius 3 is 2.65 bits per heavy atom. The number of carbonyl (C=O) groups is 1. The van der Waals surface area contributed by atoms with Crippen LogP contribution in [0.5, 0.6) is 0 Å². The monoisotopic (exact) mass is 328 g/mol. The number of nitrogens with two attached hydrogens (primary N) is 1. The van der Waals surface area contributed by atoms with Crippen molar-refractivity contribution in [1.82, 2.24) is 14.5 Å². The highest BCUT2D eigenvalue weighted by atomic mass is 32.2. The van der Waals surface area contributed by atoms with E-state index >= 15 is 0 Å². The van der Waals surface area contributed by atoms with E-state index in [0.717, 1.165) is 23.0 Å². The molecule has 1 amide bonds. The third kappa shape index (κ3) is 3.00. The Morgan fingerprint density at radius 1 is 1.30 bits per heavy atom. The van der Waals surface area contributed by atoms with E-state index in [1.807, 2.05) is 44.2 Å². The second kappa shape index (κ2) is 5.92. The van der Waals surface area contributed by atoms with Gasteiger partial charge in [0.1, 0.15) is 5.52 Å². The minimum atomic E-state index is -0.454. The van der Waals surface area contributed by atoms with Crippen LogP contribution in [0.2, 0.25) is 0 Å².